The van der Waals surface area contributed by atoms with Gasteiger partial charge in [0, 0.05) is 148 Å². The van der Waals surface area contributed by atoms with Gasteiger partial charge in [-0.05, 0) is 63.7 Å². The molecule has 4 aliphatic heterocycles. The number of piperidine rings is 1. The Balaban J connectivity index is 0.942. The highest BCUT2D eigenvalue weighted by molar-refractivity contribution is 6.17. The molecule has 1 aromatic heterocycles. The molecule has 11 atom stereocenters. The number of nitrogens with two attached hydrogens (primary N) is 1. The number of imide groups is 1. The molecule has 8 amide bonds. The van der Waals surface area contributed by atoms with Gasteiger partial charge >= 0.3 is 17.8 Å². The number of urea groups is 1. The minimum Gasteiger partial charge on any atom is -0.507 e. The molecule has 576 valence electrons. The maximum atomic E-state index is 15.2. The Bertz CT molecular complexity index is 4540. The maximum Gasteiger partial charge on any atom is 0.312 e. The first-order chi connectivity index (χ1) is 50.5. The van der Waals surface area contributed by atoms with Gasteiger partial charge in [-0.1, -0.05) is 78.3 Å². The van der Waals surface area contributed by atoms with E-state index in [0.29, 0.717) is 67.6 Å². The number of aromatic nitrogens is 1. The van der Waals surface area contributed by atoms with E-state index in [-0.39, 0.29) is 117 Å². The molecule has 4 bridgehead atoms. The van der Waals surface area contributed by atoms with E-state index in [1.165, 1.54) is 71.4 Å². The number of methoxy groups -OCH3 is 1. The largest absolute Gasteiger partial charge is 0.507 e. The van der Waals surface area contributed by atoms with E-state index in [0.717, 1.165) is 10.5 Å². The van der Waals surface area contributed by atoms with Gasteiger partial charge in [0.05, 0.1) is 55.3 Å². The number of allylic oxidation sites excluding steroid dienone is 2. The lowest BCUT2D eigenvalue weighted by Crippen LogP contribution is -2.54. The second-order valence-electron chi connectivity index (χ2n) is 29.6. The number of ether oxygens (including phenoxy) is 4. The number of aliphatic hydroxyl groups excluding tert-OH is 3. The van der Waals surface area contributed by atoms with E-state index < -0.39 is 124 Å². The zero-order chi connectivity index (χ0) is 78.3. The monoisotopic (exact) mass is 1480 g/mol. The number of rotatable bonds is 22. The van der Waals surface area contributed by atoms with E-state index in [1.807, 2.05) is 17.0 Å². The van der Waals surface area contributed by atoms with Crippen molar-refractivity contribution in [1.82, 2.24) is 25.8 Å². The highest BCUT2D eigenvalue weighted by Crippen LogP contribution is 2.43. The second kappa shape index (κ2) is 34.1. The molecule has 1 saturated heterocycles. The van der Waals surface area contributed by atoms with Crippen LogP contribution in [0.15, 0.2) is 98.7 Å². The van der Waals surface area contributed by atoms with E-state index in [4.69, 9.17) is 34.1 Å². The average molecular weight is 1480 g/mol. The van der Waals surface area contributed by atoms with Crippen LogP contribution in [-0.2, 0) is 54.3 Å². The number of anilines is 3. The lowest BCUT2D eigenvalue weighted by Gasteiger charge is -2.43. The molecule has 9 rings (SSSR count). The van der Waals surface area contributed by atoms with Crippen molar-refractivity contribution in [2.45, 2.75) is 175 Å². The molecule has 0 unspecified atom stereocenters. The number of primary amides is 1. The first-order valence-electron chi connectivity index (χ1n) is 36.3. The number of aliphatic hydroxyl groups is 3. The third-order valence-electron chi connectivity index (χ3n) is 21.1. The molecule has 4 aliphatic rings. The number of phenols is 1. The van der Waals surface area contributed by atoms with Crippen LogP contribution in [0.4, 0.5) is 21.9 Å². The summed E-state index contributed by atoms with van der Waals surface area (Å²) in [5.74, 6) is -9.99. The number of benzene rings is 4. The predicted octanol–water partition coefficient (Wildman–Crippen LogP) is 6.30. The van der Waals surface area contributed by atoms with Crippen molar-refractivity contribution in [2.24, 2.45) is 35.3 Å². The van der Waals surface area contributed by atoms with Crippen LogP contribution in [-0.4, -0.2) is 178 Å². The minimum absolute atomic E-state index is 0.0102. The van der Waals surface area contributed by atoms with Crippen molar-refractivity contribution < 1.29 is 86.6 Å². The van der Waals surface area contributed by atoms with Crippen LogP contribution in [0.1, 0.15) is 125 Å². The standard InChI is InChI=1S/C78H100N10O19/c1-40(2)62(83-56(91)22-15-14-16-33-87-57(92)27-28-58(87)93)76(101)82-52(21-18-32-80-77(79)102)75(100)81-49-25-23-48(24-26-49)39-88(11,12)51-29-34-86(35-30-51)50-37-53(90)63-55(38-50)106-72-64(84-63)59-60-68(96)46(8)71-61(59)73(98)78(10,107-71)104-36-31-54(103-13)43(5)70(105-47(9)89)45(7)67(95)44(6)66(94)41(3)19-17-20-42(4)74(99)85-65(72)69(60)97/h17,19-20,23-28,31,36-38,40-41,43-45,51-52,54,62,66-67,70,94-95H,14-16,18,21-22,29-30,32-35,39H2,1-13H3,(H8-,79,80,81,82,83,84,85,90,91,92,93,96,97,98,99,100,101,102)/p+1/b19-17-,36-31-,42-20-/t41-,43+,44+,45+,52-,54-,62-,66-,67+,70+,78-/m0/s1. The molecule has 0 saturated carbocycles. The number of amides is 8. The van der Waals surface area contributed by atoms with Crippen molar-refractivity contribution in [1.29, 1.82) is 0 Å². The van der Waals surface area contributed by atoms with E-state index >= 15 is 4.79 Å². The molecule has 4 aromatic carbocycles. The van der Waals surface area contributed by atoms with Crippen molar-refractivity contribution in [2.75, 3.05) is 62.9 Å². The summed E-state index contributed by atoms with van der Waals surface area (Å²) in [4.78, 5) is 141. The predicted molar refractivity (Wildman–Crippen MR) is 401 cm³/mol. The minimum atomic E-state index is -2.05. The van der Waals surface area contributed by atoms with Gasteiger partial charge in [-0.2, -0.15) is 0 Å². The molecule has 1 fully saturated rings. The number of fused-ring (bicyclic) bond motifs is 2. The lowest BCUT2D eigenvalue weighted by molar-refractivity contribution is -0.928. The summed E-state index contributed by atoms with van der Waals surface area (Å²) >= 11 is 0. The highest BCUT2D eigenvalue weighted by atomic mass is 16.7. The number of unbranched alkanes of at least 4 members (excludes halogenated alkanes) is 2. The number of phenolic OH excluding ortho intramolecular Hbond substituents is 1. The Morgan fingerprint density at radius 3 is 2.18 bits per heavy atom. The average Bonchev–Trinajstić information content (AvgIpc) is 1.54. The van der Waals surface area contributed by atoms with E-state index in [9.17, 15) is 63.6 Å². The summed E-state index contributed by atoms with van der Waals surface area (Å²) in [5.41, 5.74) is 4.67. The molecule has 0 radical (unpaired) electrons. The lowest BCUT2D eigenvalue weighted by atomic mass is 9.78. The first kappa shape index (κ1) is 80.9. The Kier molecular flexibility index (Phi) is 25.8. The van der Waals surface area contributed by atoms with Crippen LogP contribution < -0.4 is 58.0 Å². The molecule has 107 heavy (non-hydrogen) atoms. The number of nitrogens with zero attached hydrogens (tertiary/aromatic N) is 4. The van der Waals surface area contributed by atoms with Crippen LogP contribution in [0.2, 0.25) is 0 Å². The van der Waals surface area contributed by atoms with Crippen molar-refractivity contribution >= 4 is 103 Å². The molecule has 29 nitrogen and oxygen atoms in total. The second-order valence-corrected chi connectivity index (χ2v) is 29.6. The molecule has 5 aromatic rings. The Labute approximate surface area is 619 Å². The smallest absolute Gasteiger partial charge is 0.312 e. The summed E-state index contributed by atoms with van der Waals surface area (Å²) < 4.78 is 31.5. The van der Waals surface area contributed by atoms with Crippen molar-refractivity contribution in [3.05, 3.63) is 121 Å². The van der Waals surface area contributed by atoms with Crippen LogP contribution in [0.3, 0.4) is 0 Å². The van der Waals surface area contributed by atoms with Crippen molar-refractivity contribution in [3.63, 3.8) is 0 Å². The topological polar surface area (TPSA) is 407 Å². The number of aromatic hydroxyl groups is 1. The van der Waals surface area contributed by atoms with Gasteiger partial charge in [0.1, 0.15) is 47.4 Å². The quantitative estimate of drug-likeness (QED) is 0.00906. The Hall–Kier alpha value is -10.2. The summed E-state index contributed by atoms with van der Waals surface area (Å²) in [6.07, 6.45) is 9.10. The third-order valence-corrected chi connectivity index (χ3v) is 21.1. The number of hydrogen-bond acceptors (Lipinski definition) is 21. The normalized spacial score (nSPS) is 24.2. The van der Waals surface area contributed by atoms with Gasteiger partial charge in [0.2, 0.25) is 28.6 Å². The number of carbonyl (C=O) groups is 8. The SMILES string of the molecule is CO[C@H]1/C=C\O[C@@]2(C)Oc3c(C)c(O)c4c(=O)c(c5oc6cc(N7CCC([N+](C)(C)Cc8ccc(NC(=O)[C@H](CCCNC(N)=O)NC(=O)[C@@H](NC(=O)CCCCCN9C(=O)C=CC9=O)C(C)C)cc8)CC7)cc(=O)c6nc5c4c3=C2O)NC(=O)/C(C)=C\C=C/[C@H](C)[C@H](O)[C@@H](C)[C@@H](O)[C@@H](C)[C@H](OC(C)=O)[C@@H]1C. The summed E-state index contributed by atoms with van der Waals surface area (Å²) in [7, 11) is 5.68. The molecule has 5 heterocycles. The summed E-state index contributed by atoms with van der Waals surface area (Å²) in [6, 6.07) is 7.78. The number of esters is 1. The zero-order valence-corrected chi connectivity index (χ0v) is 62.9. The molecule has 0 spiro atoms. The Morgan fingerprint density at radius 1 is 0.850 bits per heavy atom. The van der Waals surface area contributed by atoms with E-state index in [2.05, 4.69) is 40.7 Å². The van der Waals surface area contributed by atoms with Gasteiger partial charge < -0.3 is 85.5 Å². The molecular weight excluding hydrogens is 1380 g/mol. The zero-order valence-electron chi connectivity index (χ0n) is 62.9. The van der Waals surface area contributed by atoms with Crippen LogP contribution >= 0.6 is 0 Å². The molecule has 29 heteroatoms. The van der Waals surface area contributed by atoms with Crippen LogP contribution in [0, 0.1) is 36.5 Å². The van der Waals surface area contributed by atoms with Gasteiger partial charge in [0.25, 0.3) is 17.7 Å². The maximum absolute atomic E-state index is 15.2. The highest BCUT2D eigenvalue weighted by Gasteiger charge is 2.45. The molecule has 0 aliphatic carbocycles. The molecule has 11 N–H and O–H groups in total. The van der Waals surface area contributed by atoms with Gasteiger partial charge in [-0.3, -0.25) is 48.1 Å². The van der Waals surface area contributed by atoms with Crippen molar-refractivity contribution in [3.8, 4) is 11.5 Å². The Morgan fingerprint density at radius 2 is 1.53 bits per heavy atom. The fourth-order valence-electron chi connectivity index (χ4n) is 14.6. The number of quaternary nitrogens is 1. The fraction of sp³-hybridized carbons (Fsp3) is 0.500. The van der Waals surface area contributed by atoms with Crippen LogP contribution in [0.25, 0.3) is 38.7 Å². The van der Waals surface area contributed by atoms with Gasteiger partial charge in [0.15, 0.2) is 22.4 Å². The van der Waals surface area contributed by atoms with E-state index in [1.54, 1.807) is 71.9 Å². The third kappa shape index (κ3) is 18.3. The van der Waals surface area contributed by atoms with Crippen LogP contribution in [0.5, 0.6) is 11.5 Å². The first-order valence-corrected chi connectivity index (χ1v) is 36.3. The fourth-order valence-corrected chi connectivity index (χ4v) is 14.6. The number of hydrogen-bond donors (Lipinski definition) is 10. The molecular formula is C78H101N10O19+. The summed E-state index contributed by atoms with van der Waals surface area (Å²) in [5, 5.41) is 60.9. The van der Waals surface area contributed by atoms with Gasteiger partial charge in [-0.25, -0.2) is 9.78 Å². The summed E-state index contributed by atoms with van der Waals surface area (Å²) in [6.45, 7) is 18.0. The number of carbonyl (C=O) groups excluding carboxylic acids is 8. The number of nitrogens with one attached hydrogen (secondary N) is 5. The van der Waals surface area contributed by atoms with Gasteiger partial charge in [-0.15, -0.1) is 0 Å².